The van der Waals surface area contributed by atoms with Crippen molar-refractivity contribution in [3.63, 3.8) is 0 Å². The predicted octanol–water partition coefficient (Wildman–Crippen LogP) is 2.34. The first-order valence-corrected chi connectivity index (χ1v) is 7.82. The maximum Gasteiger partial charge on any atom is 0.253 e. The number of carbonyl (C=O) groups is 1. The second-order valence-electron chi connectivity index (χ2n) is 5.58. The number of hydrogen-bond acceptors (Lipinski definition) is 4. The molecule has 0 fully saturated rings. The van der Waals surface area contributed by atoms with Gasteiger partial charge in [0.2, 0.25) is 5.91 Å². The zero-order valence-corrected chi connectivity index (χ0v) is 14.8. The fourth-order valence-electron chi connectivity index (χ4n) is 2.54. The van der Waals surface area contributed by atoms with E-state index in [9.17, 15) is 9.59 Å². The highest BCUT2D eigenvalue weighted by atomic mass is 16.5. The highest BCUT2D eigenvalue weighted by Gasteiger charge is 2.08. The SMILES string of the molecule is COc1cccc(/C=C/C(=O)NCc2c(C)cc(C)[nH]c2=O)c1OC. The molecule has 0 saturated carbocycles. The average Bonchev–Trinajstić information content (AvgIpc) is 2.58. The van der Waals surface area contributed by atoms with Crippen LogP contribution in [0.1, 0.15) is 22.4 Å². The molecule has 2 aromatic rings. The van der Waals surface area contributed by atoms with E-state index in [1.54, 1.807) is 26.4 Å². The Morgan fingerprint density at radius 1 is 1.24 bits per heavy atom. The Labute approximate surface area is 146 Å². The van der Waals surface area contributed by atoms with E-state index in [0.29, 0.717) is 17.1 Å². The van der Waals surface area contributed by atoms with Gasteiger partial charge in [0.25, 0.3) is 5.56 Å². The molecule has 1 aromatic heterocycles. The first-order chi connectivity index (χ1) is 12.0. The van der Waals surface area contributed by atoms with Crippen molar-refractivity contribution in [3.05, 3.63) is 63.1 Å². The molecule has 2 N–H and O–H groups in total. The molecule has 0 saturated heterocycles. The molecule has 2 rings (SSSR count). The Morgan fingerprint density at radius 2 is 2.00 bits per heavy atom. The van der Waals surface area contributed by atoms with Crippen LogP contribution < -0.4 is 20.3 Å². The molecule has 1 amide bonds. The van der Waals surface area contributed by atoms with Gasteiger partial charge >= 0.3 is 0 Å². The van der Waals surface area contributed by atoms with E-state index in [2.05, 4.69) is 10.3 Å². The van der Waals surface area contributed by atoms with Crippen LogP contribution in [0.25, 0.3) is 6.08 Å². The lowest BCUT2D eigenvalue weighted by atomic mass is 10.1. The lowest BCUT2D eigenvalue weighted by molar-refractivity contribution is -0.116. The second kappa shape index (κ2) is 8.19. The number of aryl methyl sites for hydroxylation is 2. The summed E-state index contributed by atoms with van der Waals surface area (Å²) in [5.74, 6) is 0.844. The van der Waals surface area contributed by atoms with Gasteiger partial charge in [-0.2, -0.15) is 0 Å². The van der Waals surface area contributed by atoms with Gasteiger partial charge in [0.1, 0.15) is 0 Å². The quantitative estimate of drug-likeness (QED) is 0.790. The highest BCUT2D eigenvalue weighted by molar-refractivity contribution is 5.92. The van der Waals surface area contributed by atoms with Crippen LogP contribution in [0.4, 0.5) is 0 Å². The number of benzene rings is 1. The summed E-state index contributed by atoms with van der Waals surface area (Å²) in [4.78, 5) is 26.7. The second-order valence-corrected chi connectivity index (χ2v) is 5.58. The Bertz CT molecular complexity index is 853. The maximum absolute atomic E-state index is 12.1. The summed E-state index contributed by atoms with van der Waals surface area (Å²) >= 11 is 0. The lowest BCUT2D eigenvalue weighted by Crippen LogP contribution is -2.26. The van der Waals surface area contributed by atoms with Gasteiger partial charge in [0.05, 0.1) is 14.2 Å². The van der Waals surface area contributed by atoms with E-state index in [4.69, 9.17) is 9.47 Å². The Kier molecular flexibility index (Phi) is 6.00. The number of rotatable bonds is 6. The molecule has 1 aromatic carbocycles. The predicted molar refractivity (Wildman–Crippen MR) is 97.0 cm³/mol. The Hall–Kier alpha value is -3.02. The molecule has 6 heteroatoms. The molecule has 6 nitrogen and oxygen atoms in total. The molecule has 0 bridgehead atoms. The number of nitrogens with one attached hydrogen (secondary N) is 2. The molecule has 0 atom stereocenters. The molecule has 25 heavy (non-hydrogen) atoms. The van der Waals surface area contributed by atoms with Crippen LogP contribution in [0.5, 0.6) is 11.5 Å². The molecule has 0 aliphatic carbocycles. The summed E-state index contributed by atoms with van der Waals surface area (Å²) in [5, 5.41) is 2.72. The molecule has 0 aliphatic heterocycles. The third-order valence-corrected chi connectivity index (χ3v) is 3.78. The molecule has 0 radical (unpaired) electrons. The summed E-state index contributed by atoms with van der Waals surface area (Å²) in [6.07, 6.45) is 3.04. The van der Waals surface area contributed by atoms with Gasteiger partial charge in [-0.25, -0.2) is 0 Å². The standard InChI is InChI=1S/C19H22N2O4/c1-12-10-13(2)21-19(23)15(12)11-20-17(22)9-8-14-6-5-7-16(24-3)18(14)25-4/h5-10H,11H2,1-4H3,(H,20,22)(H,21,23)/b9-8+. The zero-order valence-electron chi connectivity index (χ0n) is 14.8. The monoisotopic (exact) mass is 342 g/mol. The summed E-state index contributed by atoms with van der Waals surface area (Å²) < 4.78 is 10.5. The minimum Gasteiger partial charge on any atom is -0.493 e. The molecular formula is C19H22N2O4. The van der Waals surface area contributed by atoms with E-state index < -0.39 is 0 Å². The van der Waals surface area contributed by atoms with Crippen LogP contribution in [-0.4, -0.2) is 25.1 Å². The van der Waals surface area contributed by atoms with Gasteiger partial charge in [-0.05, 0) is 37.6 Å². The normalized spacial score (nSPS) is 10.7. The van der Waals surface area contributed by atoms with Gasteiger partial charge in [-0.1, -0.05) is 12.1 Å². The zero-order chi connectivity index (χ0) is 18.4. The van der Waals surface area contributed by atoms with Crippen LogP contribution in [0.3, 0.4) is 0 Å². The number of carbonyl (C=O) groups excluding carboxylic acids is 1. The van der Waals surface area contributed by atoms with E-state index in [1.807, 2.05) is 32.0 Å². The van der Waals surface area contributed by atoms with E-state index in [-0.39, 0.29) is 18.0 Å². The van der Waals surface area contributed by atoms with Crippen molar-refractivity contribution in [3.8, 4) is 11.5 Å². The maximum atomic E-state index is 12.1. The van der Waals surface area contributed by atoms with Crippen molar-refractivity contribution in [1.29, 1.82) is 0 Å². The Morgan fingerprint density at radius 3 is 2.64 bits per heavy atom. The van der Waals surface area contributed by atoms with Crippen LogP contribution >= 0.6 is 0 Å². The van der Waals surface area contributed by atoms with E-state index in [1.165, 1.54) is 6.08 Å². The largest absolute Gasteiger partial charge is 0.493 e. The van der Waals surface area contributed by atoms with Crippen LogP contribution in [0, 0.1) is 13.8 Å². The topological polar surface area (TPSA) is 80.4 Å². The minimum absolute atomic E-state index is 0.167. The highest BCUT2D eigenvalue weighted by Crippen LogP contribution is 2.31. The van der Waals surface area contributed by atoms with Crippen molar-refractivity contribution in [1.82, 2.24) is 10.3 Å². The first-order valence-electron chi connectivity index (χ1n) is 7.82. The summed E-state index contributed by atoms with van der Waals surface area (Å²) in [7, 11) is 3.10. The van der Waals surface area contributed by atoms with Crippen LogP contribution in [0.15, 0.2) is 35.1 Å². The number of pyridine rings is 1. The third-order valence-electron chi connectivity index (χ3n) is 3.78. The molecule has 0 aliphatic rings. The number of para-hydroxylation sites is 1. The summed E-state index contributed by atoms with van der Waals surface area (Å²) in [5.41, 5.74) is 2.73. The van der Waals surface area contributed by atoms with Gasteiger partial charge in [0.15, 0.2) is 11.5 Å². The molecule has 132 valence electrons. The number of methoxy groups -OCH3 is 2. The number of aromatic nitrogens is 1. The van der Waals surface area contributed by atoms with Crippen molar-refractivity contribution in [2.75, 3.05) is 14.2 Å². The van der Waals surface area contributed by atoms with Crippen molar-refractivity contribution < 1.29 is 14.3 Å². The van der Waals surface area contributed by atoms with Gasteiger partial charge in [-0.3, -0.25) is 9.59 Å². The Balaban J connectivity index is 2.09. The van der Waals surface area contributed by atoms with Gasteiger partial charge in [0, 0.05) is 29.4 Å². The van der Waals surface area contributed by atoms with Crippen LogP contribution in [-0.2, 0) is 11.3 Å². The molecule has 0 unspecified atom stereocenters. The fraction of sp³-hybridized carbons (Fsp3) is 0.263. The molecular weight excluding hydrogens is 320 g/mol. The first kappa shape index (κ1) is 18.3. The molecule has 1 heterocycles. The summed E-state index contributed by atoms with van der Waals surface area (Å²) in [6.45, 7) is 3.83. The van der Waals surface area contributed by atoms with Crippen molar-refractivity contribution in [2.24, 2.45) is 0 Å². The molecule has 0 spiro atoms. The minimum atomic E-state index is -0.302. The fourth-order valence-corrected chi connectivity index (χ4v) is 2.54. The number of amides is 1. The number of ether oxygens (including phenoxy) is 2. The lowest BCUT2D eigenvalue weighted by Gasteiger charge is -2.10. The van der Waals surface area contributed by atoms with Crippen molar-refractivity contribution >= 4 is 12.0 Å². The van der Waals surface area contributed by atoms with Crippen molar-refractivity contribution in [2.45, 2.75) is 20.4 Å². The number of hydrogen-bond donors (Lipinski definition) is 2. The van der Waals surface area contributed by atoms with E-state index in [0.717, 1.165) is 16.8 Å². The number of aromatic amines is 1. The summed E-state index contributed by atoms with van der Waals surface area (Å²) in [6, 6.07) is 7.29. The van der Waals surface area contributed by atoms with E-state index >= 15 is 0 Å². The van der Waals surface area contributed by atoms with Gasteiger partial charge in [-0.15, -0.1) is 0 Å². The van der Waals surface area contributed by atoms with Gasteiger partial charge < -0.3 is 19.8 Å². The average molecular weight is 342 g/mol. The third kappa shape index (κ3) is 4.50. The smallest absolute Gasteiger partial charge is 0.253 e. The number of H-pyrrole nitrogens is 1. The van der Waals surface area contributed by atoms with Crippen LogP contribution in [0.2, 0.25) is 0 Å².